The minimum absolute atomic E-state index is 0.290. The van der Waals surface area contributed by atoms with E-state index in [9.17, 15) is 4.79 Å². The molecule has 0 bridgehead atoms. The van der Waals surface area contributed by atoms with Crippen molar-refractivity contribution in [1.82, 2.24) is 0 Å². The molecule has 0 aliphatic carbocycles. The van der Waals surface area contributed by atoms with Crippen LogP contribution in [0.3, 0.4) is 0 Å². The molecule has 1 N–H and O–H groups in total. The Morgan fingerprint density at radius 3 is 2.50 bits per heavy atom. The highest BCUT2D eigenvalue weighted by Crippen LogP contribution is 2.24. The summed E-state index contributed by atoms with van der Waals surface area (Å²) in [6.07, 6.45) is -0.578. The molecule has 1 unspecified atom stereocenters. The summed E-state index contributed by atoms with van der Waals surface area (Å²) in [5, 5.41) is 12.6. The van der Waals surface area contributed by atoms with Gasteiger partial charge in [-0.25, -0.2) is 4.79 Å². The average molecular weight is 349 g/mol. The standard InChI is InChI=1S/C10H7Br2NO3/c11-6-1-5(2-7(12)3-6)8-4-9(10(14)15)16-13-8/h1-3,9H,4H2,(H,14,15). The lowest BCUT2D eigenvalue weighted by molar-refractivity contribution is -0.148. The van der Waals surface area contributed by atoms with Crippen molar-refractivity contribution >= 4 is 43.5 Å². The monoisotopic (exact) mass is 347 g/mol. The largest absolute Gasteiger partial charge is 0.478 e. The van der Waals surface area contributed by atoms with E-state index in [1.54, 1.807) is 0 Å². The molecule has 84 valence electrons. The minimum atomic E-state index is -0.993. The van der Waals surface area contributed by atoms with E-state index in [0.717, 1.165) is 14.5 Å². The second kappa shape index (κ2) is 4.55. The Hall–Kier alpha value is -0.880. The first-order valence-corrected chi connectivity index (χ1v) is 6.07. The number of benzene rings is 1. The van der Waals surface area contributed by atoms with Crippen LogP contribution in [0.5, 0.6) is 0 Å². The summed E-state index contributed by atoms with van der Waals surface area (Å²) in [5.74, 6) is -0.993. The SMILES string of the molecule is O=C(O)C1CC(c2cc(Br)cc(Br)c2)=NO1. The molecule has 0 saturated carbocycles. The molecule has 4 nitrogen and oxygen atoms in total. The number of carboxylic acid groups (broad SMARTS) is 1. The average Bonchev–Trinajstić information content (AvgIpc) is 2.64. The van der Waals surface area contributed by atoms with Gasteiger partial charge in [0.05, 0.1) is 5.71 Å². The van der Waals surface area contributed by atoms with E-state index in [2.05, 4.69) is 37.0 Å². The minimum Gasteiger partial charge on any atom is -0.478 e. The van der Waals surface area contributed by atoms with Gasteiger partial charge in [-0.15, -0.1) is 0 Å². The lowest BCUT2D eigenvalue weighted by Crippen LogP contribution is -2.19. The number of oxime groups is 1. The van der Waals surface area contributed by atoms with Gasteiger partial charge < -0.3 is 9.94 Å². The lowest BCUT2D eigenvalue weighted by atomic mass is 10.1. The van der Waals surface area contributed by atoms with Crippen LogP contribution < -0.4 is 0 Å². The van der Waals surface area contributed by atoms with Gasteiger partial charge >= 0.3 is 5.97 Å². The fourth-order valence-electron chi connectivity index (χ4n) is 1.40. The van der Waals surface area contributed by atoms with Crippen molar-refractivity contribution in [3.8, 4) is 0 Å². The molecule has 1 aromatic carbocycles. The molecule has 0 amide bonds. The van der Waals surface area contributed by atoms with Gasteiger partial charge in [0.1, 0.15) is 0 Å². The van der Waals surface area contributed by atoms with Crippen LogP contribution in [0.4, 0.5) is 0 Å². The first-order chi connectivity index (χ1) is 7.56. The summed E-state index contributed by atoms with van der Waals surface area (Å²) in [7, 11) is 0. The van der Waals surface area contributed by atoms with Gasteiger partial charge in [0.25, 0.3) is 0 Å². The van der Waals surface area contributed by atoms with E-state index >= 15 is 0 Å². The van der Waals surface area contributed by atoms with Crippen LogP contribution in [-0.4, -0.2) is 22.9 Å². The molecule has 0 spiro atoms. The molecule has 1 aliphatic heterocycles. The Morgan fingerprint density at radius 1 is 1.38 bits per heavy atom. The first kappa shape index (κ1) is 11.6. The van der Waals surface area contributed by atoms with E-state index < -0.39 is 12.1 Å². The number of halogens is 2. The predicted molar refractivity (Wildman–Crippen MR) is 65.5 cm³/mol. The van der Waals surface area contributed by atoms with Crippen LogP contribution in [0.2, 0.25) is 0 Å². The van der Waals surface area contributed by atoms with E-state index in [0.29, 0.717) is 5.71 Å². The van der Waals surface area contributed by atoms with E-state index in [1.165, 1.54) is 0 Å². The molecule has 6 heteroatoms. The molecule has 0 fully saturated rings. The summed E-state index contributed by atoms with van der Waals surface area (Å²) < 4.78 is 1.80. The number of nitrogens with zero attached hydrogens (tertiary/aromatic N) is 1. The molecule has 2 rings (SSSR count). The second-order valence-electron chi connectivity index (χ2n) is 3.33. The summed E-state index contributed by atoms with van der Waals surface area (Å²) >= 11 is 6.72. The van der Waals surface area contributed by atoms with Crippen molar-refractivity contribution in [2.45, 2.75) is 12.5 Å². The molecule has 0 radical (unpaired) electrons. The zero-order chi connectivity index (χ0) is 11.7. The van der Waals surface area contributed by atoms with Gasteiger partial charge in [0.2, 0.25) is 6.10 Å². The van der Waals surface area contributed by atoms with Crippen LogP contribution in [0.1, 0.15) is 12.0 Å². The number of carbonyl (C=O) groups is 1. The molecule has 0 aromatic heterocycles. The number of carboxylic acids is 1. The molecular formula is C10H7Br2NO3. The molecule has 1 aromatic rings. The smallest absolute Gasteiger partial charge is 0.348 e. The molecule has 1 aliphatic rings. The van der Waals surface area contributed by atoms with Crippen molar-refractivity contribution in [2.24, 2.45) is 5.16 Å². The highest BCUT2D eigenvalue weighted by Gasteiger charge is 2.28. The second-order valence-corrected chi connectivity index (χ2v) is 5.16. The molecular weight excluding hydrogens is 342 g/mol. The van der Waals surface area contributed by atoms with Crippen LogP contribution in [-0.2, 0) is 9.63 Å². The van der Waals surface area contributed by atoms with Crippen LogP contribution >= 0.6 is 31.9 Å². The van der Waals surface area contributed by atoms with Gasteiger partial charge in [-0.3, -0.25) is 0 Å². The highest BCUT2D eigenvalue weighted by molar-refractivity contribution is 9.11. The zero-order valence-electron chi connectivity index (χ0n) is 7.98. The van der Waals surface area contributed by atoms with Crippen molar-refractivity contribution < 1.29 is 14.7 Å². The third-order valence-corrected chi connectivity index (χ3v) is 3.06. The maximum Gasteiger partial charge on any atom is 0.348 e. The van der Waals surface area contributed by atoms with Crippen LogP contribution in [0, 0.1) is 0 Å². The van der Waals surface area contributed by atoms with Gasteiger partial charge in [-0.2, -0.15) is 0 Å². The maximum atomic E-state index is 10.7. The Kier molecular flexibility index (Phi) is 3.30. The van der Waals surface area contributed by atoms with Crippen LogP contribution in [0.15, 0.2) is 32.3 Å². The van der Waals surface area contributed by atoms with Crippen molar-refractivity contribution in [2.75, 3.05) is 0 Å². The first-order valence-electron chi connectivity index (χ1n) is 4.48. The number of rotatable bonds is 2. The van der Waals surface area contributed by atoms with Gasteiger partial charge in [0.15, 0.2) is 0 Å². The number of aliphatic carboxylic acids is 1. The molecule has 0 saturated heterocycles. The fourth-order valence-corrected chi connectivity index (χ4v) is 2.69. The molecule has 1 atom stereocenters. The quantitative estimate of drug-likeness (QED) is 0.894. The lowest BCUT2D eigenvalue weighted by Gasteiger charge is -2.02. The summed E-state index contributed by atoms with van der Waals surface area (Å²) in [6.45, 7) is 0. The van der Waals surface area contributed by atoms with E-state index in [-0.39, 0.29) is 6.42 Å². The van der Waals surface area contributed by atoms with Gasteiger partial charge in [-0.05, 0) is 18.2 Å². The van der Waals surface area contributed by atoms with Gasteiger partial charge in [0, 0.05) is 20.9 Å². The summed E-state index contributed by atoms with van der Waals surface area (Å²) in [6, 6.07) is 5.64. The number of hydrogen-bond acceptors (Lipinski definition) is 3. The van der Waals surface area contributed by atoms with Crippen molar-refractivity contribution in [3.05, 3.63) is 32.7 Å². The Morgan fingerprint density at radius 2 is 2.00 bits per heavy atom. The van der Waals surface area contributed by atoms with Crippen molar-refractivity contribution in [3.63, 3.8) is 0 Å². The molecule has 16 heavy (non-hydrogen) atoms. The summed E-state index contributed by atoms with van der Waals surface area (Å²) in [4.78, 5) is 15.5. The van der Waals surface area contributed by atoms with E-state index in [4.69, 9.17) is 9.94 Å². The highest BCUT2D eigenvalue weighted by atomic mass is 79.9. The van der Waals surface area contributed by atoms with Crippen molar-refractivity contribution in [1.29, 1.82) is 0 Å². The molecule has 1 heterocycles. The number of hydrogen-bond donors (Lipinski definition) is 1. The normalized spacial score (nSPS) is 19.1. The zero-order valence-corrected chi connectivity index (χ0v) is 11.2. The van der Waals surface area contributed by atoms with E-state index in [1.807, 2.05) is 18.2 Å². The third kappa shape index (κ3) is 2.44. The maximum absolute atomic E-state index is 10.7. The Labute approximate surface area is 109 Å². The summed E-state index contributed by atoms with van der Waals surface area (Å²) in [5.41, 5.74) is 1.50. The van der Waals surface area contributed by atoms with Crippen LogP contribution in [0.25, 0.3) is 0 Å². The fraction of sp³-hybridized carbons (Fsp3) is 0.200. The van der Waals surface area contributed by atoms with Gasteiger partial charge in [-0.1, -0.05) is 37.0 Å². The predicted octanol–water partition coefficient (Wildman–Crippen LogP) is 2.79. The Bertz CT molecular complexity index is 453. The third-order valence-electron chi connectivity index (χ3n) is 2.14. The topological polar surface area (TPSA) is 58.9 Å². The Balaban J connectivity index is 2.23.